The first-order valence-electron chi connectivity index (χ1n) is 9.05. The minimum Gasteiger partial charge on any atom is -0.487 e. The second-order valence-corrected chi connectivity index (χ2v) is 9.83. The number of halogens is 6. The van der Waals surface area contributed by atoms with Crippen molar-refractivity contribution in [1.82, 2.24) is 0 Å². The molecule has 0 bridgehead atoms. The van der Waals surface area contributed by atoms with Crippen LogP contribution in [-0.4, -0.2) is 11.1 Å². The summed E-state index contributed by atoms with van der Waals surface area (Å²) in [6.07, 6.45) is -3.26. The molecule has 3 aromatic rings. The Kier molecular flexibility index (Phi) is 8.55. The van der Waals surface area contributed by atoms with Gasteiger partial charge < -0.3 is 4.74 Å². The molecular formula is C21H13BrF3I2N3O3. The lowest BCUT2D eigenvalue weighted by molar-refractivity contribution is -0.384. The summed E-state index contributed by atoms with van der Waals surface area (Å²) in [6.45, 7) is 0.395. The monoisotopic (exact) mass is 745 g/mol. The molecule has 0 saturated heterocycles. The molecule has 172 valence electrons. The molecular weight excluding hydrogens is 733 g/mol. The Balaban J connectivity index is 1.73. The maximum absolute atomic E-state index is 12.8. The third-order valence-corrected chi connectivity index (χ3v) is 6.37. The number of hydrogen-bond donors (Lipinski definition) is 1. The number of nitro groups is 1. The Hall–Kier alpha value is -1.94. The van der Waals surface area contributed by atoms with Gasteiger partial charge in [-0.3, -0.25) is 15.5 Å². The van der Waals surface area contributed by atoms with Crippen molar-refractivity contribution in [1.29, 1.82) is 0 Å². The maximum atomic E-state index is 12.8. The van der Waals surface area contributed by atoms with Crippen LogP contribution in [0.25, 0.3) is 0 Å². The zero-order chi connectivity index (χ0) is 24.2. The third-order valence-electron chi connectivity index (χ3n) is 4.24. The average molecular weight is 746 g/mol. The first kappa shape index (κ1) is 25.7. The Morgan fingerprint density at radius 2 is 1.73 bits per heavy atom. The van der Waals surface area contributed by atoms with Crippen LogP contribution in [0.1, 0.15) is 16.7 Å². The molecule has 0 amide bonds. The fraction of sp³-hybridized carbons (Fsp3) is 0.0952. The van der Waals surface area contributed by atoms with Gasteiger partial charge in [-0.05, 0) is 92.7 Å². The summed E-state index contributed by atoms with van der Waals surface area (Å²) in [7, 11) is 0. The molecule has 0 unspecified atom stereocenters. The van der Waals surface area contributed by atoms with Gasteiger partial charge in [0.15, 0.2) is 0 Å². The molecule has 0 saturated carbocycles. The van der Waals surface area contributed by atoms with E-state index in [-0.39, 0.29) is 5.69 Å². The van der Waals surface area contributed by atoms with Gasteiger partial charge in [-0.15, -0.1) is 0 Å². The van der Waals surface area contributed by atoms with Crippen LogP contribution >= 0.6 is 61.1 Å². The Labute approximate surface area is 222 Å². The van der Waals surface area contributed by atoms with Crippen LogP contribution in [0.4, 0.5) is 24.5 Å². The molecule has 0 fully saturated rings. The van der Waals surface area contributed by atoms with E-state index in [1.54, 1.807) is 0 Å². The molecule has 0 heterocycles. The van der Waals surface area contributed by atoms with Crippen molar-refractivity contribution in [2.75, 3.05) is 5.43 Å². The predicted octanol–water partition coefficient (Wildman–Crippen LogP) is 7.61. The van der Waals surface area contributed by atoms with Gasteiger partial charge in [0.05, 0.1) is 23.8 Å². The number of nitrogens with zero attached hydrogens (tertiary/aromatic N) is 2. The van der Waals surface area contributed by atoms with E-state index in [4.69, 9.17) is 4.74 Å². The molecule has 3 aromatic carbocycles. The molecule has 6 nitrogen and oxygen atoms in total. The van der Waals surface area contributed by atoms with Crippen molar-refractivity contribution in [3.05, 3.63) is 93.0 Å². The van der Waals surface area contributed by atoms with Gasteiger partial charge in [0, 0.05) is 10.5 Å². The highest BCUT2D eigenvalue weighted by Gasteiger charge is 2.33. The normalized spacial score (nSPS) is 11.6. The molecule has 0 aliphatic rings. The van der Waals surface area contributed by atoms with Gasteiger partial charge in [0.25, 0.3) is 5.69 Å². The minimum atomic E-state index is -4.68. The van der Waals surface area contributed by atoms with Gasteiger partial charge in [0.1, 0.15) is 18.0 Å². The number of ether oxygens (including phenoxy) is 1. The highest BCUT2D eigenvalue weighted by atomic mass is 127. The Bertz CT molecular complexity index is 1180. The lowest BCUT2D eigenvalue weighted by Crippen LogP contribution is -2.06. The quantitative estimate of drug-likeness (QED) is 0.117. The van der Waals surface area contributed by atoms with E-state index in [0.29, 0.717) is 24.0 Å². The smallest absolute Gasteiger partial charge is 0.416 e. The highest BCUT2D eigenvalue weighted by molar-refractivity contribution is 14.1. The summed E-state index contributed by atoms with van der Waals surface area (Å²) in [5.74, 6) is 0.711. The number of hydrazone groups is 1. The SMILES string of the molecule is O=[N+]([O-])c1cc(C(F)(F)F)ccc1N/N=C\c1cc(I)c(OCc2ccc(Br)cc2)c(I)c1. The van der Waals surface area contributed by atoms with Crippen LogP contribution in [0, 0.1) is 17.3 Å². The molecule has 0 radical (unpaired) electrons. The molecule has 0 spiro atoms. The maximum Gasteiger partial charge on any atom is 0.416 e. The van der Waals surface area contributed by atoms with Crippen molar-refractivity contribution in [2.24, 2.45) is 5.10 Å². The lowest BCUT2D eigenvalue weighted by Gasteiger charge is -2.11. The molecule has 0 aromatic heterocycles. The van der Waals surface area contributed by atoms with Crippen LogP contribution in [0.2, 0.25) is 0 Å². The second-order valence-electron chi connectivity index (χ2n) is 6.59. The van der Waals surface area contributed by atoms with Crippen molar-refractivity contribution < 1.29 is 22.8 Å². The van der Waals surface area contributed by atoms with Crippen LogP contribution in [0.15, 0.2) is 64.2 Å². The van der Waals surface area contributed by atoms with Gasteiger partial charge >= 0.3 is 6.18 Å². The van der Waals surface area contributed by atoms with E-state index in [0.717, 1.165) is 29.3 Å². The van der Waals surface area contributed by atoms with Crippen LogP contribution in [0.3, 0.4) is 0 Å². The first-order chi connectivity index (χ1) is 15.5. The molecule has 1 N–H and O–H groups in total. The predicted molar refractivity (Wildman–Crippen MR) is 140 cm³/mol. The zero-order valence-electron chi connectivity index (χ0n) is 16.4. The fourth-order valence-electron chi connectivity index (χ4n) is 2.66. The summed E-state index contributed by atoms with van der Waals surface area (Å²) in [6, 6.07) is 13.6. The van der Waals surface area contributed by atoms with Crippen LogP contribution in [0.5, 0.6) is 5.75 Å². The lowest BCUT2D eigenvalue weighted by atomic mass is 10.1. The third kappa shape index (κ3) is 7.02. The van der Waals surface area contributed by atoms with Crippen LogP contribution in [-0.2, 0) is 12.8 Å². The van der Waals surface area contributed by atoms with Crippen molar-refractivity contribution in [3.8, 4) is 5.75 Å². The van der Waals surface area contributed by atoms with E-state index >= 15 is 0 Å². The minimum absolute atomic E-state index is 0.150. The molecule has 0 aliphatic carbocycles. The molecule has 0 aliphatic heterocycles. The second kappa shape index (κ2) is 11.0. The first-order valence-corrected chi connectivity index (χ1v) is 12.0. The molecule has 33 heavy (non-hydrogen) atoms. The van der Waals surface area contributed by atoms with Gasteiger partial charge in [0.2, 0.25) is 0 Å². The standard InChI is InChI=1S/C21H13BrF3I2N3O3/c22-15-4-1-12(2-5-15)11-33-20-16(26)7-13(8-17(20)27)10-28-29-18-6-3-14(21(23,24)25)9-19(18)30(31)32/h1-10,29H,11H2/b28-10-. The number of hydrogen-bond acceptors (Lipinski definition) is 5. The number of nitrogens with one attached hydrogen (secondary N) is 1. The topological polar surface area (TPSA) is 76.8 Å². The zero-order valence-corrected chi connectivity index (χ0v) is 22.3. The Morgan fingerprint density at radius 3 is 2.30 bits per heavy atom. The van der Waals surface area contributed by atoms with Gasteiger partial charge in [-0.1, -0.05) is 28.1 Å². The van der Waals surface area contributed by atoms with E-state index in [1.165, 1.54) is 6.21 Å². The number of nitro benzene ring substituents is 1. The van der Waals surface area contributed by atoms with Crippen molar-refractivity contribution >= 4 is 78.7 Å². The largest absolute Gasteiger partial charge is 0.487 e. The molecule has 0 atom stereocenters. The molecule has 12 heteroatoms. The average Bonchev–Trinajstić information content (AvgIpc) is 2.73. The molecule has 3 rings (SSSR count). The van der Waals surface area contributed by atoms with Crippen molar-refractivity contribution in [2.45, 2.75) is 12.8 Å². The summed E-state index contributed by atoms with van der Waals surface area (Å²) < 4.78 is 47.1. The van der Waals surface area contributed by atoms with E-state index < -0.39 is 22.4 Å². The fourth-order valence-corrected chi connectivity index (χ4v) is 5.05. The number of rotatable bonds is 7. The number of benzene rings is 3. The Morgan fingerprint density at radius 1 is 1.09 bits per heavy atom. The number of alkyl halides is 3. The van der Waals surface area contributed by atoms with Crippen molar-refractivity contribution in [3.63, 3.8) is 0 Å². The number of anilines is 1. The summed E-state index contributed by atoms with van der Waals surface area (Å²) in [4.78, 5) is 10.3. The van der Waals surface area contributed by atoms with E-state index in [2.05, 4.69) is 71.6 Å². The highest BCUT2D eigenvalue weighted by Crippen LogP contribution is 2.35. The summed E-state index contributed by atoms with van der Waals surface area (Å²) in [5, 5.41) is 15.1. The van der Waals surface area contributed by atoms with E-state index in [1.807, 2.05) is 36.4 Å². The van der Waals surface area contributed by atoms with Gasteiger partial charge in [-0.2, -0.15) is 18.3 Å². The summed E-state index contributed by atoms with van der Waals surface area (Å²) >= 11 is 7.66. The van der Waals surface area contributed by atoms with E-state index in [9.17, 15) is 23.3 Å². The van der Waals surface area contributed by atoms with Crippen LogP contribution < -0.4 is 10.2 Å². The summed E-state index contributed by atoms with van der Waals surface area (Å²) in [5.41, 5.74) is 2.17. The van der Waals surface area contributed by atoms with Gasteiger partial charge in [-0.25, -0.2) is 0 Å².